The van der Waals surface area contributed by atoms with Gasteiger partial charge in [-0.25, -0.2) is 9.18 Å². The molecule has 0 aromatic heterocycles. The zero-order chi connectivity index (χ0) is 37.9. The fourth-order valence-electron chi connectivity index (χ4n) is 9.93. The molecule has 1 saturated carbocycles. The maximum Gasteiger partial charge on any atom is 0.404 e. The van der Waals surface area contributed by atoms with Crippen molar-refractivity contribution in [2.75, 3.05) is 62.6 Å². The van der Waals surface area contributed by atoms with Gasteiger partial charge in [-0.3, -0.25) is 4.79 Å². The maximum atomic E-state index is 15.6. The average Bonchev–Trinajstić information content (AvgIpc) is 3.82. The number of carbonyl (C=O) groups excluding carboxylic acids is 1. The summed E-state index contributed by atoms with van der Waals surface area (Å²) in [5.41, 5.74) is 1.57. The molecule has 3 aromatic rings. The number of likely N-dealkylation sites (tertiary alicyclic amines) is 2. The van der Waals surface area contributed by atoms with Gasteiger partial charge in [-0.05, 0) is 130 Å². The summed E-state index contributed by atoms with van der Waals surface area (Å²) >= 11 is 0. The van der Waals surface area contributed by atoms with Crippen LogP contribution in [-0.2, 0) is 16.1 Å². The molecule has 3 heterocycles. The van der Waals surface area contributed by atoms with Gasteiger partial charge in [-0.1, -0.05) is 49.4 Å². The number of alkyl halides is 2. The summed E-state index contributed by atoms with van der Waals surface area (Å²) in [7, 11) is 0. The lowest BCUT2D eigenvalue weighted by Crippen LogP contribution is -2.59. The van der Waals surface area contributed by atoms with E-state index in [1.807, 2.05) is 6.07 Å². The molecule has 2 amide bonds. The summed E-state index contributed by atoms with van der Waals surface area (Å²) in [6.07, 6.45) is 6.91. The van der Waals surface area contributed by atoms with Gasteiger partial charge in [0.1, 0.15) is 5.82 Å². The highest BCUT2D eigenvalue weighted by Crippen LogP contribution is 2.51. The number of hydrogen-bond acceptors (Lipinski definition) is 5. The summed E-state index contributed by atoms with van der Waals surface area (Å²) in [5, 5.41) is 15.2. The zero-order valence-electron chi connectivity index (χ0n) is 30.9. The Morgan fingerprint density at radius 3 is 2.26 bits per heavy atom. The average molecular weight is 744 g/mol. The summed E-state index contributed by atoms with van der Waals surface area (Å²) < 4.78 is 46.1. The van der Waals surface area contributed by atoms with Crippen LogP contribution in [0.1, 0.15) is 61.6 Å². The first-order chi connectivity index (χ1) is 26.0. The quantitative estimate of drug-likeness (QED) is 0.156. The third-order valence-corrected chi connectivity index (χ3v) is 12.7. The Kier molecular flexibility index (Phi) is 11.4. The molecule has 54 heavy (non-hydrogen) atoms. The van der Waals surface area contributed by atoms with E-state index >= 15 is 8.78 Å². The Balaban J connectivity index is 1.00. The molecule has 8 nitrogen and oxygen atoms in total. The van der Waals surface area contributed by atoms with Crippen molar-refractivity contribution in [2.24, 2.45) is 17.8 Å². The van der Waals surface area contributed by atoms with E-state index in [-0.39, 0.29) is 40.0 Å². The monoisotopic (exact) mass is 743 g/mol. The lowest BCUT2D eigenvalue weighted by atomic mass is 9.57. The van der Waals surface area contributed by atoms with Crippen molar-refractivity contribution in [2.45, 2.75) is 62.3 Å². The number of nitrogens with zero attached hydrogens (tertiary/aromatic N) is 3. The van der Waals surface area contributed by atoms with Crippen molar-refractivity contribution < 1.29 is 27.9 Å². The van der Waals surface area contributed by atoms with Gasteiger partial charge in [0, 0.05) is 60.1 Å². The number of anilines is 2. The largest absolute Gasteiger partial charge is 0.465 e. The second-order valence-electron chi connectivity index (χ2n) is 15.8. The molecule has 0 spiro atoms. The second kappa shape index (κ2) is 16.2. The van der Waals surface area contributed by atoms with Gasteiger partial charge < -0.3 is 30.4 Å². The smallest absolute Gasteiger partial charge is 0.404 e. The lowest BCUT2D eigenvalue weighted by molar-refractivity contribution is -0.111. The molecule has 4 fully saturated rings. The van der Waals surface area contributed by atoms with Crippen LogP contribution in [0.3, 0.4) is 0 Å². The van der Waals surface area contributed by atoms with Gasteiger partial charge in [0.25, 0.3) is 5.92 Å². The molecule has 1 aliphatic carbocycles. The summed E-state index contributed by atoms with van der Waals surface area (Å²) in [6, 6.07) is 19.2. The minimum atomic E-state index is -3.24. The molecule has 3 aromatic carbocycles. The first-order valence-electron chi connectivity index (χ1n) is 19.5. The minimum Gasteiger partial charge on any atom is -0.465 e. The number of halogens is 3. The fraction of sp³-hybridized carbons (Fsp3) is 0.488. The van der Waals surface area contributed by atoms with Crippen LogP contribution in [0.4, 0.5) is 29.3 Å². The number of amides is 2. The number of carboxylic acid groups (broad SMARTS) is 1. The molecule has 4 atom stereocenters. The van der Waals surface area contributed by atoms with Crippen molar-refractivity contribution in [3.8, 4) is 0 Å². The van der Waals surface area contributed by atoms with Crippen LogP contribution in [0.5, 0.6) is 0 Å². The molecule has 288 valence electrons. The molecular weight excluding hydrogens is 691 g/mol. The summed E-state index contributed by atoms with van der Waals surface area (Å²) in [5.74, 6) is -3.10. The number of rotatable bonds is 13. The highest BCUT2D eigenvalue weighted by Gasteiger charge is 2.53. The van der Waals surface area contributed by atoms with E-state index in [1.54, 1.807) is 24.3 Å². The Bertz CT molecular complexity index is 1790. The third kappa shape index (κ3) is 8.03. The van der Waals surface area contributed by atoms with Gasteiger partial charge in [0.15, 0.2) is 0 Å². The van der Waals surface area contributed by atoms with E-state index in [0.717, 1.165) is 115 Å². The van der Waals surface area contributed by atoms with E-state index in [2.05, 4.69) is 38.0 Å². The summed E-state index contributed by atoms with van der Waals surface area (Å²) in [6.45, 7) is 10.8. The number of hydrogen-bond donors (Lipinski definition) is 3. The SMILES string of the molecule is C=CC(=O)Nc1cccc(C(F)(F)c2ccc(N3CC[C@@H](CN4CCC(C(CN5CCC5)(c5cccc(F)c5)[C@H]5CCC[C@@H]5NC(=O)O)CC4)C3)cc2)c1. The van der Waals surface area contributed by atoms with Gasteiger partial charge in [-0.15, -0.1) is 0 Å². The molecule has 1 unspecified atom stereocenters. The Labute approximate surface area is 316 Å². The molecule has 0 radical (unpaired) electrons. The third-order valence-electron chi connectivity index (χ3n) is 12.7. The molecular formula is C43H52F3N5O3. The van der Waals surface area contributed by atoms with E-state index in [9.17, 15) is 19.1 Å². The second-order valence-corrected chi connectivity index (χ2v) is 15.8. The predicted molar refractivity (Wildman–Crippen MR) is 206 cm³/mol. The van der Waals surface area contributed by atoms with Crippen molar-refractivity contribution in [3.63, 3.8) is 0 Å². The van der Waals surface area contributed by atoms with Gasteiger partial charge >= 0.3 is 6.09 Å². The fourth-order valence-corrected chi connectivity index (χ4v) is 9.93. The normalized spacial score (nSPS) is 23.8. The number of carbonyl (C=O) groups is 2. The van der Waals surface area contributed by atoms with Gasteiger partial charge in [0.05, 0.1) is 0 Å². The van der Waals surface area contributed by atoms with Crippen LogP contribution in [0, 0.1) is 23.6 Å². The highest BCUT2D eigenvalue weighted by atomic mass is 19.3. The molecule has 0 bridgehead atoms. The van der Waals surface area contributed by atoms with Crippen LogP contribution < -0.4 is 15.5 Å². The number of piperidine rings is 1. The van der Waals surface area contributed by atoms with E-state index in [0.29, 0.717) is 11.8 Å². The van der Waals surface area contributed by atoms with Crippen molar-refractivity contribution in [1.82, 2.24) is 15.1 Å². The van der Waals surface area contributed by atoms with Gasteiger partial charge in [-0.2, -0.15) is 8.78 Å². The molecule has 3 aliphatic heterocycles. The van der Waals surface area contributed by atoms with Crippen LogP contribution in [-0.4, -0.2) is 85.3 Å². The lowest BCUT2D eigenvalue weighted by Gasteiger charge is -2.53. The zero-order valence-corrected chi connectivity index (χ0v) is 30.9. The topological polar surface area (TPSA) is 88.2 Å². The maximum absolute atomic E-state index is 15.6. The first-order valence-corrected chi connectivity index (χ1v) is 19.5. The van der Waals surface area contributed by atoms with E-state index < -0.39 is 17.9 Å². The van der Waals surface area contributed by atoms with Crippen molar-refractivity contribution in [1.29, 1.82) is 0 Å². The Hall–Kier alpha value is -4.35. The standard InChI is InChI=1S/C43H52F3N5O3/c1-2-40(52)47-36-10-4-8-34(26-36)43(45,46)32-13-15-37(16-14-32)51-24-17-30(28-51)27-49-22-18-31(19-23-49)42(29-50-20-6-21-50,33-7-3-9-35(44)25-33)38-11-5-12-39(38)48-41(53)54/h2-4,7-10,13-16,25-26,30-31,38-39,48H,1,5-6,11-12,17-24,27-29H2,(H,47,52)(H,53,54)/t30-,38-,39-,42?/m0/s1. The van der Waals surface area contributed by atoms with Gasteiger partial charge in [0.2, 0.25) is 5.91 Å². The van der Waals surface area contributed by atoms with Crippen LogP contribution in [0.2, 0.25) is 0 Å². The summed E-state index contributed by atoms with van der Waals surface area (Å²) in [4.78, 5) is 30.9. The number of benzene rings is 3. The Morgan fingerprint density at radius 1 is 0.833 bits per heavy atom. The van der Waals surface area contributed by atoms with Crippen LogP contribution in [0.25, 0.3) is 0 Å². The number of nitrogens with one attached hydrogen (secondary N) is 2. The molecule has 4 aliphatic rings. The van der Waals surface area contributed by atoms with Crippen molar-refractivity contribution >= 4 is 23.4 Å². The van der Waals surface area contributed by atoms with E-state index in [1.165, 1.54) is 36.4 Å². The highest BCUT2D eigenvalue weighted by molar-refractivity contribution is 5.98. The molecule has 3 N–H and O–H groups in total. The molecule has 7 rings (SSSR count). The van der Waals surface area contributed by atoms with E-state index in [4.69, 9.17) is 0 Å². The first kappa shape index (κ1) is 37.9. The van der Waals surface area contributed by atoms with Crippen molar-refractivity contribution in [3.05, 3.63) is 108 Å². The Morgan fingerprint density at radius 2 is 1.57 bits per heavy atom. The predicted octanol–water partition coefficient (Wildman–Crippen LogP) is 7.71. The molecule has 3 saturated heterocycles. The minimum absolute atomic E-state index is 0.0949. The van der Waals surface area contributed by atoms with Crippen LogP contribution >= 0.6 is 0 Å². The van der Waals surface area contributed by atoms with Crippen LogP contribution in [0.15, 0.2) is 85.5 Å². The molecule has 11 heteroatoms.